The fourth-order valence-corrected chi connectivity index (χ4v) is 0.145. The average molecular weight is 128 g/mol. The van der Waals surface area contributed by atoms with Crippen molar-refractivity contribution in [2.45, 2.75) is 6.42 Å². The predicted molar refractivity (Wildman–Crippen MR) is 29.6 cm³/mol. The van der Waals surface area contributed by atoms with E-state index in [0.717, 1.165) is 6.08 Å². The van der Waals surface area contributed by atoms with Gasteiger partial charge in [0, 0.05) is 0 Å². The van der Waals surface area contributed by atoms with Gasteiger partial charge in [0.1, 0.15) is 0 Å². The number of aliphatic carboxylic acids is 1. The van der Waals surface area contributed by atoms with E-state index in [-0.39, 0.29) is 42.3 Å². The number of hydrogen-bond acceptors (Lipinski definition) is 1. The number of carboxylic acids is 1. The maximum absolute atomic E-state index is 10.9. The summed E-state index contributed by atoms with van der Waals surface area (Å²) in [4.78, 5) is 9.54. The molecule has 0 saturated carbocycles. The van der Waals surface area contributed by atoms with Crippen molar-refractivity contribution in [1.82, 2.24) is 0 Å². The van der Waals surface area contributed by atoms with Crippen LogP contribution in [0.2, 0.25) is 0 Å². The molecule has 42 valence electrons. The second-order valence-corrected chi connectivity index (χ2v) is 0.960. The molecular formula is C4H6FNaO2. The summed E-state index contributed by atoms with van der Waals surface area (Å²) in [5, 5.41) is 7.83. The Morgan fingerprint density at radius 3 is 2.38 bits per heavy atom. The normalized spacial score (nSPS) is 8.62. The third-order valence-electron chi connectivity index (χ3n) is 0.382. The minimum atomic E-state index is -1.02. The van der Waals surface area contributed by atoms with Gasteiger partial charge in [0.25, 0.3) is 0 Å². The molecule has 0 atom stereocenters. The monoisotopic (exact) mass is 128 g/mol. The Morgan fingerprint density at radius 2 is 2.25 bits per heavy atom. The molecule has 0 spiro atoms. The van der Waals surface area contributed by atoms with Gasteiger partial charge in [-0.25, -0.2) is 4.39 Å². The summed E-state index contributed by atoms with van der Waals surface area (Å²) >= 11 is 0. The minimum absolute atomic E-state index is 0. The van der Waals surface area contributed by atoms with Crippen LogP contribution in [-0.4, -0.2) is 40.6 Å². The molecule has 4 heteroatoms. The SMILES string of the molecule is O=C(O)CC=CF.[NaH]. The first-order valence-electron chi connectivity index (χ1n) is 1.74. The van der Waals surface area contributed by atoms with Gasteiger partial charge in [-0.15, -0.1) is 0 Å². The summed E-state index contributed by atoms with van der Waals surface area (Å²) < 4.78 is 10.9. The summed E-state index contributed by atoms with van der Waals surface area (Å²) in [6, 6.07) is 0. The zero-order chi connectivity index (χ0) is 5.70. The van der Waals surface area contributed by atoms with Crippen LogP contribution < -0.4 is 0 Å². The van der Waals surface area contributed by atoms with Crippen LogP contribution >= 0.6 is 0 Å². The summed E-state index contributed by atoms with van der Waals surface area (Å²) in [5.74, 6) is -1.02. The molecule has 0 fully saturated rings. The summed E-state index contributed by atoms with van der Waals surface area (Å²) in [6.45, 7) is 0. The summed E-state index contributed by atoms with van der Waals surface area (Å²) in [6.07, 6.45) is 0.910. The van der Waals surface area contributed by atoms with Gasteiger partial charge in [-0.05, 0) is 6.08 Å². The van der Waals surface area contributed by atoms with E-state index in [4.69, 9.17) is 5.11 Å². The standard InChI is InChI=1S/C4H5FO2.Na.H/c5-3-1-2-4(6)7;;/h1,3H,2H2,(H,6,7);;. The number of halogens is 1. The molecule has 0 aliphatic carbocycles. The fraction of sp³-hybridized carbons (Fsp3) is 0.250. The van der Waals surface area contributed by atoms with Crippen molar-refractivity contribution in [1.29, 1.82) is 0 Å². The van der Waals surface area contributed by atoms with Gasteiger partial charge in [0.2, 0.25) is 0 Å². The molecule has 1 N–H and O–H groups in total. The van der Waals surface area contributed by atoms with Crippen molar-refractivity contribution in [3.8, 4) is 0 Å². The van der Waals surface area contributed by atoms with Gasteiger partial charge in [-0.1, -0.05) is 0 Å². The molecule has 0 bridgehead atoms. The molecule has 8 heavy (non-hydrogen) atoms. The van der Waals surface area contributed by atoms with Gasteiger partial charge in [0.05, 0.1) is 12.8 Å². The van der Waals surface area contributed by atoms with Crippen molar-refractivity contribution in [2.24, 2.45) is 0 Å². The van der Waals surface area contributed by atoms with E-state index in [9.17, 15) is 9.18 Å². The third-order valence-corrected chi connectivity index (χ3v) is 0.382. The number of carbonyl (C=O) groups is 1. The number of hydrogen-bond donors (Lipinski definition) is 1. The molecule has 0 radical (unpaired) electrons. The second-order valence-electron chi connectivity index (χ2n) is 0.960. The van der Waals surface area contributed by atoms with Crippen LogP contribution in [0.5, 0.6) is 0 Å². The topological polar surface area (TPSA) is 37.3 Å². The van der Waals surface area contributed by atoms with Gasteiger partial charge in [0.15, 0.2) is 0 Å². The van der Waals surface area contributed by atoms with Gasteiger partial charge in [-0.3, -0.25) is 4.79 Å². The first-order chi connectivity index (χ1) is 3.27. The Bertz CT molecular complexity index is 92.0. The molecule has 0 aliphatic rings. The Morgan fingerprint density at radius 1 is 1.75 bits per heavy atom. The molecule has 0 aromatic heterocycles. The van der Waals surface area contributed by atoms with Gasteiger partial charge in [-0.2, -0.15) is 0 Å². The van der Waals surface area contributed by atoms with Crippen LogP contribution in [0.3, 0.4) is 0 Å². The summed E-state index contributed by atoms with van der Waals surface area (Å²) in [5.41, 5.74) is 0. The molecule has 0 amide bonds. The Kier molecular flexibility index (Phi) is 9.82. The molecule has 0 rings (SSSR count). The second kappa shape index (κ2) is 7.14. The van der Waals surface area contributed by atoms with Crippen molar-refractivity contribution in [3.63, 3.8) is 0 Å². The fourth-order valence-electron chi connectivity index (χ4n) is 0.145. The van der Waals surface area contributed by atoms with Crippen LogP contribution in [0.25, 0.3) is 0 Å². The summed E-state index contributed by atoms with van der Waals surface area (Å²) in [7, 11) is 0. The predicted octanol–water partition coefficient (Wildman–Crippen LogP) is 0.296. The van der Waals surface area contributed by atoms with Crippen molar-refractivity contribution in [2.75, 3.05) is 0 Å². The van der Waals surface area contributed by atoms with Gasteiger partial charge >= 0.3 is 35.5 Å². The van der Waals surface area contributed by atoms with E-state index < -0.39 is 5.97 Å². The Balaban J connectivity index is 0. The quantitative estimate of drug-likeness (QED) is 0.543. The van der Waals surface area contributed by atoms with Crippen molar-refractivity contribution >= 4 is 35.5 Å². The maximum atomic E-state index is 10.9. The molecule has 0 aromatic carbocycles. The van der Waals surface area contributed by atoms with Crippen LogP contribution in [-0.2, 0) is 4.79 Å². The third kappa shape index (κ3) is 9.46. The van der Waals surface area contributed by atoms with Crippen molar-refractivity contribution < 1.29 is 14.3 Å². The van der Waals surface area contributed by atoms with E-state index in [2.05, 4.69) is 0 Å². The molecule has 0 aliphatic heterocycles. The molecule has 0 unspecified atom stereocenters. The molecule has 0 aromatic rings. The average Bonchev–Trinajstić information content (AvgIpc) is 1.61. The van der Waals surface area contributed by atoms with E-state index in [1.807, 2.05) is 0 Å². The zero-order valence-electron chi connectivity index (χ0n) is 3.60. The molecule has 2 nitrogen and oxygen atoms in total. The first-order valence-corrected chi connectivity index (χ1v) is 1.74. The molecule has 0 saturated heterocycles. The first kappa shape index (κ1) is 11.0. The van der Waals surface area contributed by atoms with E-state index in [1.54, 1.807) is 0 Å². The zero-order valence-corrected chi connectivity index (χ0v) is 3.60. The van der Waals surface area contributed by atoms with E-state index >= 15 is 0 Å². The number of carboxylic acid groups (broad SMARTS) is 1. The van der Waals surface area contributed by atoms with Crippen LogP contribution in [0.4, 0.5) is 4.39 Å². The van der Waals surface area contributed by atoms with E-state index in [1.165, 1.54) is 0 Å². The van der Waals surface area contributed by atoms with Crippen LogP contribution in [0.1, 0.15) is 6.42 Å². The Hall–Kier alpha value is 0.140. The van der Waals surface area contributed by atoms with Crippen LogP contribution in [0.15, 0.2) is 12.4 Å². The molecule has 0 heterocycles. The van der Waals surface area contributed by atoms with Crippen molar-refractivity contribution in [3.05, 3.63) is 12.4 Å². The Labute approximate surface area is 68.7 Å². The van der Waals surface area contributed by atoms with Gasteiger partial charge < -0.3 is 5.11 Å². The molecular weight excluding hydrogens is 122 g/mol. The van der Waals surface area contributed by atoms with Crippen LogP contribution in [0, 0.1) is 0 Å². The number of rotatable bonds is 2. The van der Waals surface area contributed by atoms with E-state index in [0.29, 0.717) is 0 Å².